The van der Waals surface area contributed by atoms with Crippen LogP contribution in [0.1, 0.15) is 35.2 Å². The van der Waals surface area contributed by atoms with Crippen LogP contribution in [0.25, 0.3) is 0 Å². The number of nitrogens with one attached hydrogen (secondary N) is 1. The maximum atomic E-state index is 12.3. The van der Waals surface area contributed by atoms with Gasteiger partial charge in [0.15, 0.2) is 0 Å². The summed E-state index contributed by atoms with van der Waals surface area (Å²) in [5.74, 6) is -0.199. The summed E-state index contributed by atoms with van der Waals surface area (Å²) in [5.41, 5.74) is 1.05. The number of hydrogen-bond donors (Lipinski definition) is 2. The third kappa shape index (κ3) is 2.81. The van der Waals surface area contributed by atoms with E-state index in [-0.39, 0.29) is 29.1 Å². The van der Waals surface area contributed by atoms with Gasteiger partial charge in [0.1, 0.15) is 0 Å². The van der Waals surface area contributed by atoms with E-state index in [1.54, 1.807) is 6.92 Å². The third-order valence-electron chi connectivity index (χ3n) is 4.19. The van der Waals surface area contributed by atoms with E-state index in [1.807, 2.05) is 0 Å². The molecule has 1 aromatic carbocycles. The molecule has 2 heterocycles. The molecule has 0 aromatic heterocycles. The molecule has 21 heavy (non-hydrogen) atoms. The molecule has 2 aliphatic rings. The second-order valence-electron chi connectivity index (χ2n) is 5.71. The highest BCUT2D eigenvalue weighted by Gasteiger charge is 2.41. The number of nitrogens with two attached hydrogens (primary N) is 1. The smallest absolute Gasteiger partial charge is 0.251 e. The molecule has 0 aliphatic carbocycles. The van der Waals surface area contributed by atoms with Crippen molar-refractivity contribution in [2.45, 2.75) is 49.3 Å². The van der Waals surface area contributed by atoms with Crippen molar-refractivity contribution in [3.05, 3.63) is 29.3 Å². The molecule has 2 saturated heterocycles. The van der Waals surface area contributed by atoms with Gasteiger partial charge in [-0.15, -0.1) is 0 Å². The highest BCUT2D eigenvalue weighted by atomic mass is 32.2. The maximum absolute atomic E-state index is 12.3. The summed E-state index contributed by atoms with van der Waals surface area (Å²) >= 11 is 0. The topological polar surface area (TPSA) is 98.5 Å². The largest absolute Gasteiger partial charge is 0.373 e. The Morgan fingerprint density at radius 2 is 2.14 bits per heavy atom. The lowest BCUT2D eigenvalue weighted by Gasteiger charge is -2.20. The Bertz CT molecular complexity index is 686. The van der Waals surface area contributed by atoms with E-state index in [9.17, 15) is 13.2 Å². The minimum atomic E-state index is -3.75. The fourth-order valence-corrected chi connectivity index (χ4v) is 3.70. The van der Waals surface area contributed by atoms with Crippen molar-refractivity contribution in [2.75, 3.05) is 0 Å². The number of aryl methyl sites for hydroxylation is 1. The lowest BCUT2D eigenvalue weighted by atomic mass is 9.95. The molecule has 6 nitrogen and oxygen atoms in total. The monoisotopic (exact) mass is 310 g/mol. The molecule has 2 bridgehead atoms. The predicted molar refractivity (Wildman–Crippen MR) is 76.3 cm³/mol. The summed E-state index contributed by atoms with van der Waals surface area (Å²) in [6.07, 6.45) is 3.29. The van der Waals surface area contributed by atoms with Gasteiger partial charge in [-0.3, -0.25) is 4.79 Å². The highest BCUT2D eigenvalue weighted by Crippen LogP contribution is 2.34. The van der Waals surface area contributed by atoms with Gasteiger partial charge in [-0.25, -0.2) is 13.6 Å². The van der Waals surface area contributed by atoms with E-state index in [0.29, 0.717) is 11.1 Å². The van der Waals surface area contributed by atoms with Gasteiger partial charge in [0.05, 0.1) is 23.1 Å². The van der Waals surface area contributed by atoms with Crippen molar-refractivity contribution in [2.24, 2.45) is 5.14 Å². The van der Waals surface area contributed by atoms with Crippen LogP contribution in [0.4, 0.5) is 0 Å². The molecule has 3 rings (SSSR count). The average Bonchev–Trinajstić information content (AvgIpc) is 2.99. The minimum Gasteiger partial charge on any atom is -0.373 e. The second-order valence-corrected chi connectivity index (χ2v) is 7.27. The molecule has 3 unspecified atom stereocenters. The molecule has 1 amide bonds. The zero-order valence-electron chi connectivity index (χ0n) is 11.7. The van der Waals surface area contributed by atoms with Gasteiger partial charge < -0.3 is 10.1 Å². The van der Waals surface area contributed by atoms with E-state index in [0.717, 1.165) is 19.3 Å². The van der Waals surface area contributed by atoms with Crippen molar-refractivity contribution in [1.82, 2.24) is 5.32 Å². The number of ether oxygens (including phenoxy) is 1. The van der Waals surface area contributed by atoms with E-state index < -0.39 is 10.0 Å². The molecular formula is C14H18N2O4S. The van der Waals surface area contributed by atoms with Crippen LogP contribution in [0.15, 0.2) is 23.1 Å². The molecule has 2 aliphatic heterocycles. The third-order valence-corrected chi connectivity index (χ3v) is 5.10. The summed E-state index contributed by atoms with van der Waals surface area (Å²) in [6, 6.07) is 4.32. The van der Waals surface area contributed by atoms with Crippen LogP contribution in [0.3, 0.4) is 0 Å². The van der Waals surface area contributed by atoms with Gasteiger partial charge in [-0.1, -0.05) is 0 Å². The van der Waals surface area contributed by atoms with Gasteiger partial charge in [-0.2, -0.15) is 0 Å². The standard InChI is InChI=1S/C14H18N2O4S/c1-8-6-10(21(15,18)19)3-4-11(8)14(17)16-12-7-9-2-5-13(12)20-9/h3-4,6,9,12-13H,2,5,7H2,1H3,(H,16,17)(H2,15,18,19). The van der Waals surface area contributed by atoms with E-state index in [4.69, 9.17) is 9.88 Å². The van der Waals surface area contributed by atoms with Crippen molar-refractivity contribution in [1.29, 1.82) is 0 Å². The highest BCUT2D eigenvalue weighted by molar-refractivity contribution is 7.89. The van der Waals surface area contributed by atoms with Crippen molar-refractivity contribution in [3.8, 4) is 0 Å². The first-order chi connectivity index (χ1) is 9.84. The number of carbonyl (C=O) groups excluding carboxylic acids is 1. The zero-order valence-corrected chi connectivity index (χ0v) is 12.5. The molecule has 0 saturated carbocycles. The number of carbonyl (C=O) groups is 1. The van der Waals surface area contributed by atoms with Crippen molar-refractivity contribution >= 4 is 15.9 Å². The number of sulfonamides is 1. The molecule has 2 fully saturated rings. The number of fused-ring (bicyclic) bond motifs is 2. The Kier molecular flexibility index (Phi) is 3.51. The van der Waals surface area contributed by atoms with Crippen LogP contribution in [0.5, 0.6) is 0 Å². The summed E-state index contributed by atoms with van der Waals surface area (Å²) in [4.78, 5) is 12.3. The molecular weight excluding hydrogens is 292 g/mol. The van der Waals surface area contributed by atoms with Crippen LogP contribution >= 0.6 is 0 Å². The van der Waals surface area contributed by atoms with E-state index >= 15 is 0 Å². The summed E-state index contributed by atoms with van der Waals surface area (Å²) in [6.45, 7) is 1.70. The van der Waals surface area contributed by atoms with Crippen molar-refractivity contribution < 1.29 is 17.9 Å². The summed E-state index contributed by atoms with van der Waals surface area (Å²) < 4.78 is 28.3. The first kappa shape index (κ1) is 14.5. The summed E-state index contributed by atoms with van der Waals surface area (Å²) in [7, 11) is -3.75. The summed E-state index contributed by atoms with van der Waals surface area (Å²) in [5, 5.41) is 8.06. The Morgan fingerprint density at radius 3 is 2.67 bits per heavy atom. The predicted octanol–water partition coefficient (Wildman–Crippen LogP) is 0.692. The Morgan fingerprint density at radius 1 is 1.38 bits per heavy atom. The number of benzene rings is 1. The van der Waals surface area contributed by atoms with E-state index in [2.05, 4.69) is 5.32 Å². The number of primary sulfonamides is 1. The SMILES string of the molecule is Cc1cc(S(N)(=O)=O)ccc1C(=O)NC1CC2CCC1O2. The number of amides is 1. The van der Waals surface area contributed by atoms with Crippen molar-refractivity contribution in [3.63, 3.8) is 0 Å². The van der Waals surface area contributed by atoms with Gasteiger partial charge in [0.25, 0.3) is 5.91 Å². The van der Waals surface area contributed by atoms with E-state index in [1.165, 1.54) is 18.2 Å². The molecule has 0 radical (unpaired) electrons. The molecule has 3 atom stereocenters. The first-order valence-electron chi connectivity index (χ1n) is 6.94. The number of rotatable bonds is 3. The van der Waals surface area contributed by atoms with Crippen LogP contribution < -0.4 is 10.5 Å². The lowest BCUT2D eigenvalue weighted by Crippen LogP contribution is -2.41. The molecule has 0 spiro atoms. The van der Waals surface area contributed by atoms with Crippen LogP contribution in [0, 0.1) is 6.92 Å². The first-order valence-corrected chi connectivity index (χ1v) is 8.49. The van der Waals surface area contributed by atoms with Gasteiger partial charge in [0.2, 0.25) is 10.0 Å². The van der Waals surface area contributed by atoms with Crippen LogP contribution in [-0.2, 0) is 14.8 Å². The number of hydrogen-bond acceptors (Lipinski definition) is 4. The van der Waals surface area contributed by atoms with Gasteiger partial charge in [-0.05, 0) is 49.9 Å². The van der Waals surface area contributed by atoms with Crippen LogP contribution in [0.2, 0.25) is 0 Å². The fourth-order valence-electron chi connectivity index (χ4n) is 3.10. The fraction of sp³-hybridized carbons (Fsp3) is 0.500. The quantitative estimate of drug-likeness (QED) is 0.858. The Hall–Kier alpha value is -1.44. The Labute approximate surface area is 123 Å². The minimum absolute atomic E-state index is 0.0137. The second kappa shape index (κ2) is 5.08. The molecule has 1 aromatic rings. The maximum Gasteiger partial charge on any atom is 0.251 e. The Balaban J connectivity index is 1.76. The van der Waals surface area contributed by atoms with Crippen LogP contribution in [-0.4, -0.2) is 32.6 Å². The zero-order chi connectivity index (χ0) is 15.2. The lowest BCUT2D eigenvalue weighted by molar-refractivity contribution is 0.0840. The van der Waals surface area contributed by atoms with Gasteiger partial charge >= 0.3 is 0 Å². The average molecular weight is 310 g/mol. The molecule has 114 valence electrons. The van der Waals surface area contributed by atoms with Gasteiger partial charge in [0, 0.05) is 5.56 Å². The normalized spacial score (nSPS) is 27.8. The molecule has 3 N–H and O–H groups in total. The molecule has 7 heteroatoms.